The van der Waals surface area contributed by atoms with Gasteiger partial charge in [0.15, 0.2) is 17.5 Å². The van der Waals surface area contributed by atoms with Gasteiger partial charge in [-0.3, -0.25) is 0 Å². The van der Waals surface area contributed by atoms with E-state index in [0.29, 0.717) is 17.5 Å². The van der Waals surface area contributed by atoms with E-state index >= 15 is 0 Å². The van der Waals surface area contributed by atoms with Gasteiger partial charge in [0.1, 0.15) is 0 Å². The van der Waals surface area contributed by atoms with Crippen molar-refractivity contribution >= 4 is 54.5 Å². The van der Waals surface area contributed by atoms with Crippen molar-refractivity contribution in [1.29, 1.82) is 0 Å². The standard InChI is InChI=1S/C54H34N6/c1-3-15-36(16-4-1)52-56-53(58-54(57-52)38-31-33-40(34-32-38)59-46-24-12-8-19-41(46)42-20-9-13-25-47(42)59)37-29-27-35(28-30-37)50-49-44-22-10-14-26-48(44)60(39-17-5-2-6-18-39)51(49)43-21-7-11-23-45(43)55-50/h1-34H. The van der Waals surface area contributed by atoms with Gasteiger partial charge < -0.3 is 9.13 Å². The maximum Gasteiger partial charge on any atom is 0.164 e. The number of fused-ring (bicyclic) bond motifs is 8. The van der Waals surface area contributed by atoms with Gasteiger partial charge in [-0.15, -0.1) is 0 Å². The van der Waals surface area contributed by atoms with Gasteiger partial charge in [-0.05, 0) is 60.7 Å². The highest BCUT2D eigenvalue weighted by Crippen LogP contribution is 2.41. The van der Waals surface area contributed by atoms with Crippen LogP contribution in [0.2, 0.25) is 0 Å². The van der Waals surface area contributed by atoms with Gasteiger partial charge in [0.25, 0.3) is 0 Å². The van der Waals surface area contributed by atoms with Gasteiger partial charge >= 0.3 is 0 Å². The monoisotopic (exact) mass is 766 g/mol. The van der Waals surface area contributed by atoms with E-state index < -0.39 is 0 Å². The topological polar surface area (TPSA) is 61.4 Å². The zero-order valence-electron chi connectivity index (χ0n) is 32.3. The van der Waals surface area contributed by atoms with E-state index in [2.05, 4.69) is 185 Å². The highest BCUT2D eigenvalue weighted by atomic mass is 15.0. The molecule has 0 atom stereocenters. The minimum atomic E-state index is 0.606. The molecule has 0 aliphatic carbocycles. The number of benzene rings is 8. The molecule has 0 unspecified atom stereocenters. The average Bonchev–Trinajstić information content (AvgIpc) is 3.86. The molecule has 280 valence electrons. The number of hydrogen-bond donors (Lipinski definition) is 0. The molecule has 0 radical (unpaired) electrons. The third-order valence-corrected chi connectivity index (χ3v) is 11.6. The van der Waals surface area contributed by atoms with Gasteiger partial charge in [-0.1, -0.05) is 146 Å². The Hall–Kier alpha value is -8.22. The first-order valence-corrected chi connectivity index (χ1v) is 20.2. The van der Waals surface area contributed by atoms with E-state index in [1.54, 1.807) is 0 Å². The Morgan fingerprint density at radius 2 is 0.700 bits per heavy atom. The smallest absolute Gasteiger partial charge is 0.164 e. The third kappa shape index (κ3) is 5.42. The quantitative estimate of drug-likeness (QED) is 0.169. The molecule has 0 spiro atoms. The second kappa shape index (κ2) is 13.7. The van der Waals surface area contributed by atoms with E-state index in [0.717, 1.165) is 72.0 Å². The predicted molar refractivity (Wildman–Crippen MR) is 246 cm³/mol. The maximum absolute atomic E-state index is 5.34. The highest BCUT2D eigenvalue weighted by molar-refractivity contribution is 6.22. The molecule has 0 saturated carbocycles. The molecular weight excluding hydrogens is 733 g/mol. The van der Waals surface area contributed by atoms with E-state index in [1.165, 1.54) is 21.8 Å². The number of para-hydroxylation sites is 5. The molecule has 12 aromatic rings. The van der Waals surface area contributed by atoms with Gasteiger partial charge in [-0.2, -0.15) is 0 Å². The first kappa shape index (κ1) is 33.9. The molecular formula is C54H34N6. The first-order valence-electron chi connectivity index (χ1n) is 20.2. The Morgan fingerprint density at radius 1 is 0.283 bits per heavy atom. The summed E-state index contributed by atoms with van der Waals surface area (Å²) >= 11 is 0. The van der Waals surface area contributed by atoms with Crippen LogP contribution in [-0.2, 0) is 0 Å². The van der Waals surface area contributed by atoms with Gasteiger partial charge in [0.2, 0.25) is 0 Å². The third-order valence-electron chi connectivity index (χ3n) is 11.6. The van der Waals surface area contributed by atoms with Crippen LogP contribution in [0, 0.1) is 0 Å². The molecule has 0 fully saturated rings. The van der Waals surface area contributed by atoms with Crippen molar-refractivity contribution in [3.05, 3.63) is 206 Å². The fourth-order valence-electron chi connectivity index (χ4n) is 8.82. The maximum atomic E-state index is 5.34. The fourth-order valence-corrected chi connectivity index (χ4v) is 8.82. The van der Waals surface area contributed by atoms with Crippen LogP contribution in [0.1, 0.15) is 0 Å². The number of pyridine rings is 1. The minimum Gasteiger partial charge on any atom is -0.309 e. The summed E-state index contributed by atoms with van der Waals surface area (Å²) < 4.78 is 4.70. The van der Waals surface area contributed by atoms with Gasteiger partial charge in [0, 0.05) is 60.6 Å². The normalized spacial score (nSPS) is 11.7. The largest absolute Gasteiger partial charge is 0.309 e. The summed E-state index contributed by atoms with van der Waals surface area (Å²) in [7, 11) is 0. The fraction of sp³-hybridized carbons (Fsp3) is 0. The Kier molecular flexibility index (Phi) is 7.74. The summed E-state index contributed by atoms with van der Waals surface area (Å²) in [5, 5.41) is 5.86. The predicted octanol–water partition coefficient (Wildman–Crippen LogP) is 13.3. The Morgan fingerprint density at radius 3 is 1.30 bits per heavy atom. The number of rotatable bonds is 6. The molecule has 0 saturated heterocycles. The van der Waals surface area contributed by atoms with E-state index in [9.17, 15) is 0 Å². The Balaban J connectivity index is 0.986. The molecule has 0 N–H and O–H groups in total. The first-order chi connectivity index (χ1) is 29.8. The molecule has 0 bridgehead atoms. The zero-order chi connectivity index (χ0) is 39.6. The van der Waals surface area contributed by atoms with Crippen LogP contribution in [0.25, 0.3) is 111 Å². The lowest BCUT2D eigenvalue weighted by atomic mass is 10.0. The number of nitrogens with zero attached hydrogens (tertiary/aromatic N) is 6. The van der Waals surface area contributed by atoms with Crippen LogP contribution in [0.3, 0.4) is 0 Å². The minimum absolute atomic E-state index is 0.606. The molecule has 0 amide bonds. The lowest BCUT2D eigenvalue weighted by Gasteiger charge is -2.12. The van der Waals surface area contributed by atoms with Crippen LogP contribution < -0.4 is 0 Å². The molecule has 6 nitrogen and oxygen atoms in total. The van der Waals surface area contributed by atoms with E-state index in [-0.39, 0.29) is 0 Å². The van der Waals surface area contributed by atoms with Crippen LogP contribution >= 0.6 is 0 Å². The van der Waals surface area contributed by atoms with Crippen LogP contribution in [-0.4, -0.2) is 29.1 Å². The molecule has 4 heterocycles. The van der Waals surface area contributed by atoms with Gasteiger partial charge in [0.05, 0.1) is 33.3 Å². The van der Waals surface area contributed by atoms with Crippen LogP contribution in [0.5, 0.6) is 0 Å². The second-order valence-electron chi connectivity index (χ2n) is 15.1. The summed E-state index contributed by atoms with van der Waals surface area (Å²) in [5.74, 6) is 1.84. The SMILES string of the molecule is c1ccc(-c2nc(-c3ccc(-c4nc5ccccc5c5c4c4ccccc4n5-c4ccccc4)cc3)nc(-c3ccc(-n4c5ccccc5c5ccccc54)cc3)n2)cc1. The van der Waals surface area contributed by atoms with Crippen molar-refractivity contribution in [2.24, 2.45) is 0 Å². The van der Waals surface area contributed by atoms with Crippen molar-refractivity contribution in [1.82, 2.24) is 29.1 Å². The highest BCUT2D eigenvalue weighted by Gasteiger charge is 2.21. The zero-order valence-corrected chi connectivity index (χ0v) is 32.3. The molecule has 4 aromatic heterocycles. The van der Waals surface area contributed by atoms with E-state index in [1.807, 2.05) is 30.3 Å². The van der Waals surface area contributed by atoms with Gasteiger partial charge in [-0.25, -0.2) is 19.9 Å². The number of aromatic nitrogens is 6. The summed E-state index contributed by atoms with van der Waals surface area (Å²) in [5.41, 5.74) is 12.5. The molecule has 0 aliphatic heterocycles. The average molecular weight is 767 g/mol. The van der Waals surface area contributed by atoms with Crippen LogP contribution in [0.4, 0.5) is 0 Å². The lowest BCUT2D eigenvalue weighted by Crippen LogP contribution is -2.00. The van der Waals surface area contributed by atoms with Crippen molar-refractivity contribution in [3.8, 4) is 56.8 Å². The second-order valence-corrected chi connectivity index (χ2v) is 15.1. The van der Waals surface area contributed by atoms with Crippen molar-refractivity contribution in [2.75, 3.05) is 0 Å². The molecule has 60 heavy (non-hydrogen) atoms. The van der Waals surface area contributed by atoms with Crippen LogP contribution in [0.15, 0.2) is 206 Å². The van der Waals surface area contributed by atoms with Crippen molar-refractivity contribution in [2.45, 2.75) is 0 Å². The van der Waals surface area contributed by atoms with E-state index in [4.69, 9.17) is 19.9 Å². The lowest BCUT2D eigenvalue weighted by molar-refractivity contribution is 1.07. The van der Waals surface area contributed by atoms with Crippen molar-refractivity contribution in [3.63, 3.8) is 0 Å². The summed E-state index contributed by atoms with van der Waals surface area (Å²) in [6.45, 7) is 0. The molecule has 6 heteroatoms. The van der Waals surface area contributed by atoms with Crippen molar-refractivity contribution < 1.29 is 0 Å². The number of hydrogen-bond acceptors (Lipinski definition) is 4. The summed E-state index contributed by atoms with van der Waals surface area (Å²) in [6, 6.07) is 71.9. The summed E-state index contributed by atoms with van der Waals surface area (Å²) in [6.07, 6.45) is 0. The molecule has 8 aromatic carbocycles. The summed E-state index contributed by atoms with van der Waals surface area (Å²) in [4.78, 5) is 20.5. The Labute approximate surface area is 345 Å². The molecule has 12 rings (SSSR count). The molecule has 0 aliphatic rings. The Bertz CT molecular complexity index is 3520.